The average Bonchev–Trinajstić information content (AvgIpc) is 2.73. The van der Waals surface area contributed by atoms with Crippen molar-refractivity contribution in [1.29, 1.82) is 0 Å². The van der Waals surface area contributed by atoms with Crippen LogP contribution in [0.25, 0.3) is 11.4 Å². The first-order chi connectivity index (χ1) is 13.6. The molecule has 5 nitrogen and oxygen atoms in total. The summed E-state index contributed by atoms with van der Waals surface area (Å²) in [5.74, 6) is 1.40. The van der Waals surface area contributed by atoms with Crippen LogP contribution < -0.4 is 4.74 Å². The van der Waals surface area contributed by atoms with Crippen molar-refractivity contribution in [1.82, 2.24) is 14.9 Å². The Balaban J connectivity index is 1.46. The molecule has 1 amide bonds. The molecule has 28 heavy (non-hydrogen) atoms. The number of nitrogens with zero attached hydrogens (tertiary/aromatic N) is 3. The van der Waals surface area contributed by atoms with E-state index in [0.717, 1.165) is 34.6 Å². The Hall–Kier alpha value is -2.92. The number of methoxy groups -OCH3 is 1. The molecule has 1 aliphatic rings. The summed E-state index contributed by atoms with van der Waals surface area (Å²) in [4.78, 5) is 23.8. The Labute approximate surface area is 169 Å². The molecule has 0 spiro atoms. The van der Waals surface area contributed by atoms with Crippen LogP contribution in [0, 0.1) is 0 Å². The highest BCUT2D eigenvalue weighted by Gasteiger charge is 2.23. The summed E-state index contributed by atoms with van der Waals surface area (Å²) >= 11 is 6.16. The van der Waals surface area contributed by atoms with Gasteiger partial charge in [0.15, 0.2) is 5.82 Å². The summed E-state index contributed by atoms with van der Waals surface area (Å²) in [6.07, 6.45) is 2.88. The van der Waals surface area contributed by atoms with Gasteiger partial charge in [-0.1, -0.05) is 48.0 Å². The van der Waals surface area contributed by atoms with E-state index in [0.29, 0.717) is 30.3 Å². The van der Waals surface area contributed by atoms with Gasteiger partial charge in [0.05, 0.1) is 24.2 Å². The Bertz CT molecular complexity index is 1010. The van der Waals surface area contributed by atoms with Crippen molar-refractivity contribution in [2.24, 2.45) is 0 Å². The maximum Gasteiger partial charge on any atom is 0.227 e. The lowest BCUT2D eigenvalue weighted by Gasteiger charge is -2.28. The number of carbonyl (C=O) groups excluding carboxylic acids is 1. The van der Waals surface area contributed by atoms with Gasteiger partial charge in [0.2, 0.25) is 5.91 Å². The molecule has 0 atom stereocenters. The van der Waals surface area contributed by atoms with Gasteiger partial charge in [-0.25, -0.2) is 9.97 Å². The van der Waals surface area contributed by atoms with Crippen LogP contribution in [-0.2, 0) is 24.2 Å². The van der Waals surface area contributed by atoms with Gasteiger partial charge < -0.3 is 9.64 Å². The van der Waals surface area contributed by atoms with Gasteiger partial charge >= 0.3 is 0 Å². The predicted octanol–water partition coefficient (Wildman–Crippen LogP) is 3.93. The van der Waals surface area contributed by atoms with Crippen molar-refractivity contribution < 1.29 is 9.53 Å². The van der Waals surface area contributed by atoms with E-state index in [-0.39, 0.29) is 5.91 Å². The standard InChI is InChI=1S/C22H20ClN3O2/c1-28-20-8-7-15(11-18(20)23)12-21(27)26-10-9-19-17(14-26)13-24-22(25-19)16-5-3-2-4-6-16/h2-8,11,13H,9-10,12,14H2,1H3. The number of amides is 1. The molecule has 4 rings (SSSR count). The number of aromatic nitrogens is 2. The molecule has 142 valence electrons. The van der Waals surface area contributed by atoms with E-state index in [9.17, 15) is 4.79 Å². The van der Waals surface area contributed by atoms with Crippen molar-refractivity contribution in [3.63, 3.8) is 0 Å². The number of benzene rings is 2. The van der Waals surface area contributed by atoms with Crippen LogP contribution in [0.4, 0.5) is 0 Å². The van der Waals surface area contributed by atoms with Crippen LogP contribution in [0.3, 0.4) is 0 Å². The van der Waals surface area contributed by atoms with Gasteiger partial charge in [-0.3, -0.25) is 4.79 Å². The molecule has 2 heterocycles. The fourth-order valence-electron chi connectivity index (χ4n) is 3.36. The average molecular weight is 394 g/mol. The SMILES string of the molecule is COc1ccc(CC(=O)N2CCc3nc(-c4ccccc4)ncc3C2)cc1Cl. The van der Waals surface area contributed by atoms with Gasteiger partial charge in [0, 0.05) is 36.8 Å². The Morgan fingerprint density at radius 3 is 2.79 bits per heavy atom. The minimum atomic E-state index is 0.0685. The smallest absolute Gasteiger partial charge is 0.227 e. The summed E-state index contributed by atoms with van der Waals surface area (Å²) in [6.45, 7) is 1.19. The predicted molar refractivity (Wildman–Crippen MR) is 108 cm³/mol. The largest absolute Gasteiger partial charge is 0.495 e. The third-order valence-corrected chi connectivity index (χ3v) is 5.19. The lowest BCUT2D eigenvalue weighted by atomic mass is 10.0. The molecule has 1 aromatic heterocycles. The summed E-state index contributed by atoms with van der Waals surface area (Å²) in [5, 5.41) is 0.513. The second-order valence-electron chi connectivity index (χ2n) is 6.74. The second kappa shape index (κ2) is 7.98. The molecule has 3 aromatic rings. The van der Waals surface area contributed by atoms with Gasteiger partial charge in [-0.15, -0.1) is 0 Å². The molecular weight excluding hydrogens is 374 g/mol. The number of ether oxygens (including phenoxy) is 1. The topological polar surface area (TPSA) is 55.3 Å². The van der Waals surface area contributed by atoms with Crippen molar-refractivity contribution in [3.8, 4) is 17.1 Å². The van der Waals surface area contributed by atoms with E-state index in [1.54, 1.807) is 19.2 Å². The van der Waals surface area contributed by atoms with Crippen LogP contribution in [0.2, 0.25) is 5.02 Å². The first-order valence-electron chi connectivity index (χ1n) is 9.14. The number of rotatable bonds is 4. The van der Waals surface area contributed by atoms with Crippen LogP contribution in [0.15, 0.2) is 54.7 Å². The maximum atomic E-state index is 12.7. The minimum Gasteiger partial charge on any atom is -0.495 e. The monoisotopic (exact) mass is 393 g/mol. The third kappa shape index (κ3) is 3.85. The zero-order valence-electron chi connectivity index (χ0n) is 15.6. The molecule has 0 unspecified atom stereocenters. The van der Waals surface area contributed by atoms with E-state index >= 15 is 0 Å². The molecule has 0 saturated carbocycles. The van der Waals surface area contributed by atoms with Crippen molar-refractivity contribution in [2.75, 3.05) is 13.7 Å². The van der Waals surface area contributed by atoms with Crippen LogP contribution in [0.5, 0.6) is 5.75 Å². The maximum absolute atomic E-state index is 12.7. The molecular formula is C22H20ClN3O2. The molecule has 2 aromatic carbocycles. The lowest BCUT2D eigenvalue weighted by Crippen LogP contribution is -2.37. The molecule has 6 heteroatoms. The normalized spacial score (nSPS) is 13.1. The summed E-state index contributed by atoms with van der Waals surface area (Å²) in [7, 11) is 1.57. The molecule has 0 radical (unpaired) electrons. The van der Waals surface area contributed by atoms with Crippen LogP contribution in [-0.4, -0.2) is 34.4 Å². The highest BCUT2D eigenvalue weighted by Crippen LogP contribution is 2.26. The zero-order chi connectivity index (χ0) is 19.5. The second-order valence-corrected chi connectivity index (χ2v) is 7.15. The highest BCUT2D eigenvalue weighted by atomic mass is 35.5. The third-order valence-electron chi connectivity index (χ3n) is 4.89. The van der Waals surface area contributed by atoms with Crippen molar-refractivity contribution in [2.45, 2.75) is 19.4 Å². The Kier molecular flexibility index (Phi) is 5.26. The number of hydrogen-bond donors (Lipinski definition) is 0. The first-order valence-corrected chi connectivity index (χ1v) is 9.52. The fraction of sp³-hybridized carbons (Fsp3) is 0.227. The van der Waals surface area contributed by atoms with Gasteiger partial charge in [0.1, 0.15) is 5.75 Å². The Morgan fingerprint density at radius 1 is 1.21 bits per heavy atom. The fourth-order valence-corrected chi connectivity index (χ4v) is 3.64. The lowest BCUT2D eigenvalue weighted by molar-refractivity contribution is -0.131. The Morgan fingerprint density at radius 2 is 2.04 bits per heavy atom. The molecule has 0 N–H and O–H groups in total. The van der Waals surface area contributed by atoms with Crippen molar-refractivity contribution in [3.05, 3.63) is 76.6 Å². The zero-order valence-corrected chi connectivity index (χ0v) is 16.3. The number of halogens is 1. The van der Waals surface area contributed by atoms with E-state index in [1.165, 1.54) is 0 Å². The molecule has 0 bridgehead atoms. The van der Waals surface area contributed by atoms with Gasteiger partial charge in [-0.2, -0.15) is 0 Å². The van der Waals surface area contributed by atoms with E-state index < -0.39 is 0 Å². The minimum absolute atomic E-state index is 0.0685. The molecule has 0 fully saturated rings. The van der Waals surface area contributed by atoms with E-state index in [4.69, 9.17) is 21.3 Å². The van der Waals surface area contributed by atoms with E-state index in [1.807, 2.05) is 47.5 Å². The number of fused-ring (bicyclic) bond motifs is 1. The van der Waals surface area contributed by atoms with E-state index in [2.05, 4.69) is 4.98 Å². The molecule has 0 aliphatic carbocycles. The van der Waals surface area contributed by atoms with Crippen LogP contribution in [0.1, 0.15) is 16.8 Å². The number of carbonyl (C=O) groups is 1. The van der Waals surface area contributed by atoms with Gasteiger partial charge in [0.25, 0.3) is 0 Å². The highest BCUT2D eigenvalue weighted by molar-refractivity contribution is 6.32. The number of hydrogen-bond acceptors (Lipinski definition) is 4. The van der Waals surface area contributed by atoms with Crippen molar-refractivity contribution >= 4 is 17.5 Å². The quantitative estimate of drug-likeness (QED) is 0.673. The first kappa shape index (κ1) is 18.4. The summed E-state index contributed by atoms with van der Waals surface area (Å²) < 4.78 is 5.16. The molecule has 1 aliphatic heterocycles. The summed E-state index contributed by atoms with van der Waals surface area (Å²) in [5.41, 5.74) is 3.90. The molecule has 0 saturated heterocycles. The van der Waals surface area contributed by atoms with Crippen LogP contribution >= 0.6 is 11.6 Å². The summed E-state index contributed by atoms with van der Waals surface area (Å²) in [6, 6.07) is 15.4. The van der Waals surface area contributed by atoms with Gasteiger partial charge in [-0.05, 0) is 17.7 Å².